The van der Waals surface area contributed by atoms with Crippen LogP contribution in [0.2, 0.25) is 0 Å². The van der Waals surface area contributed by atoms with Gasteiger partial charge >= 0.3 is 5.69 Å². The van der Waals surface area contributed by atoms with Gasteiger partial charge in [0, 0.05) is 6.08 Å². The number of hydrogen-bond acceptors (Lipinski definition) is 5. The normalized spacial score (nSPS) is 11.2. The molecule has 3 N–H and O–H groups in total. The van der Waals surface area contributed by atoms with Crippen molar-refractivity contribution in [1.82, 2.24) is 14.6 Å². The zero-order chi connectivity index (χ0) is 22.7. The first-order chi connectivity index (χ1) is 15.5. The number of phenolic OH excluding ortho intramolecular Hbond substituents is 1. The van der Waals surface area contributed by atoms with E-state index in [0.717, 1.165) is 15.7 Å². The maximum atomic E-state index is 13.4. The number of hydrogen-bond donors (Lipinski definition) is 3. The SMILES string of the molecule is O=C(/C=C/c1ccc(Cn2c(=O)n(-c3ccc(O)cc3)c(=O)c3ccccc32)cc1)NO. The molecule has 8 heteroatoms. The van der Waals surface area contributed by atoms with Gasteiger partial charge in [0.2, 0.25) is 0 Å². The third-order valence-corrected chi connectivity index (χ3v) is 5.02. The Morgan fingerprint density at radius 2 is 1.62 bits per heavy atom. The van der Waals surface area contributed by atoms with Gasteiger partial charge < -0.3 is 5.11 Å². The van der Waals surface area contributed by atoms with Crippen LogP contribution in [0.25, 0.3) is 22.7 Å². The van der Waals surface area contributed by atoms with Crippen LogP contribution >= 0.6 is 0 Å². The van der Waals surface area contributed by atoms with E-state index in [2.05, 4.69) is 0 Å². The van der Waals surface area contributed by atoms with Gasteiger partial charge in [-0.25, -0.2) is 14.8 Å². The predicted octanol–water partition coefficient (Wildman–Crippen LogP) is 2.42. The maximum absolute atomic E-state index is 13.4. The summed E-state index contributed by atoms with van der Waals surface area (Å²) >= 11 is 0. The lowest BCUT2D eigenvalue weighted by molar-refractivity contribution is -0.124. The first-order valence-electron chi connectivity index (χ1n) is 9.73. The van der Waals surface area contributed by atoms with Crippen LogP contribution in [0.15, 0.2) is 88.5 Å². The van der Waals surface area contributed by atoms with Crippen LogP contribution in [0.1, 0.15) is 11.1 Å². The second kappa shape index (κ2) is 8.75. The van der Waals surface area contributed by atoms with Gasteiger partial charge in [0.05, 0.1) is 23.1 Å². The third kappa shape index (κ3) is 4.07. The molecule has 3 aromatic carbocycles. The number of carbonyl (C=O) groups is 1. The maximum Gasteiger partial charge on any atom is 0.336 e. The van der Waals surface area contributed by atoms with Gasteiger partial charge in [-0.15, -0.1) is 0 Å². The molecule has 0 saturated carbocycles. The van der Waals surface area contributed by atoms with Crippen molar-refractivity contribution < 1.29 is 15.1 Å². The standard InChI is InChI=1S/C24H19N3O5/c28-19-12-10-18(11-13-19)27-23(30)20-3-1-2-4-21(20)26(24(27)31)15-17-7-5-16(6-8-17)9-14-22(29)25-32/h1-14,28,32H,15H2,(H,25,29)/b14-9+. The Morgan fingerprint density at radius 1 is 0.938 bits per heavy atom. The van der Waals surface area contributed by atoms with E-state index >= 15 is 0 Å². The lowest BCUT2D eigenvalue weighted by Gasteiger charge is -2.14. The van der Waals surface area contributed by atoms with Gasteiger partial charge in [-0.2, -0.15) is 0 Å². The number of phenols is 1. The second-order valence-corrected chi connectivity index (χ2v) is 7.09. The molecule has 32 heavy (non-hydrogen) atoms. The molecule has 160 valence electrons. The van der Waals surface area contributed by atoms with E-state index in [1.807, 2.05) is 12.1 Å². The molecule has 0 unspecified atom stereocenters. The lowest BCUT2D eigenvalue weighted by Crippen LogP contribution is -2.39. The summed E-state index contributed by atoms with van der Waals surface area (Å²) in [6.45, 7) is 0.221. The Bertz CT molecular complexity index is 1430. The molecule has 1 amide bonds. The summed E-state index contributed by atoms with van der Waals surface area (Å²) in [5.74, 6) is -0.600. The molecule has 0 spiro atoms. The predicted molar refractivity (Wildman–Crippen MR) is 120 cm³/mol. The summed E-state index contributed by atoms with van der Waals surface area (Å²) in [6.07, 6.45) is 2.74. The van der Waals surface area contributed by atoms with Crippen LogP contribution in [-0.4, -0.2) is 25.4 Å². The average Bonchev–Trinajstić information content (AvgIpc) is 2.82. The fraction of sp³-hybridized carbons (Fsp3) is 0.0417. The highest BCUT2D eigenvalue weighted by molar-refractivity contribution is 5.90. The Morgan fingerprint density at radius 3 is 2.31 bits per heavy atom. The number of benzene rings is 3. The van der Waals surface area contributed by atoms with Crippen LogP contribution in [-0.2, 0) is 11.3 Å². The van der Waals surface area contributed by atoms with Crippen molar-refractivity contribution in [1.29, 1.82) is 0 Å². The largest absolute Gasteiger partial charge is 0.508 e. The van der Waals surface area contributed by atoms with Gasteiger partial charge in [0.25, 0.3) is 11.5 Å². The number of fused-ring (bicyclic) bond motifs is 1. The zero-order valence-electron chi connectivity index (χ0n) is 16.8. The first-order valence-corrected chi connectivity index (χ1v) is 9.73. The summed E-state index contributed by atoms with van der Waals surface area (Å²) in [6, 6.07) is 20.0. The minimum absolute atomic E-state index is 0.0357. The number of rotatable bonds is 5. The number of carbonyl (C=O) groups excluding carboxylic acids is 1. The van der Waals surface area contributed by atoms with Gasteiger partial charge in [-0.3, -0.25) is 19.4 Å². The smallest absolute Gasteiger partial charge is 0.336 e. The Kier molecular flexibility index (Phi) is 5.69. The quantitative estimate of drug-likeness (QED) is 0.256. The fourth-order valence-corrected chi connectivity index (χ4v) is 3.43. The van der Waals surface area contributed by atoms with Gasteiger partial charge in [-0.05, 0) is 53.6 Å². The molecule has 1 heterocycles. The van der Waals surface area contributed by atoms with Crippen LogP contribution in [0, 0.1) is 0 Å². The van der Waals surface area contributed by atoms with Crippen molar-refractivity contribution in [3.05, 3.63) is 111 Å². The van der Waals surface area contributed by atoms with Crippen molar-refractivity contribution in [3.8, 4) is 11.4 Å². The number of hydroxylamine groups is 1. The summed E-state index contributed by atoms with van der Waals surface area (Å²) in [5.41, 5.74) is 3.02. The number of aromatic hydroxyl groups is 1. The molecule has 0 aliphatic carbocycles. The van der Waals surface area contributed by atoms with Crippen LogP contribution in [0.3, 0.4) is 0 Å². The molecular weight excluding hydrogens is 410 g/mol. The monoisotopic (exact) mass is 429 g/mol. The molecular formula is C24H19N3O5. The van der Waals surface area contributed by atoms with Crippen molar-refractivity contribution >= 4 is 22.9 Å². The minimum atomic E-state index is -0.636. The van der Waals surface area contributed by atoms with Crippen molar-refractivity contribution in [2.24, 2.45) is 0 Å². The van der Waals surface area contributed by atoms with E-state index in [4.69, 9.17) is 5.21 Å². The molecule has 0 bridgehead atoms. The number of nitrogens with zero attached hydrogens (tertiary/aromatic N) is 2. The third-order valence-electron chi connectivity index (χ3n) is 5.02. The molecule has 0 radical (unpaired) electrons. The van der Waals surface area contributed by atoms with Crippen molar-refractivity contribution in [2.45, 2.75) is 6.54 Å². The molecule has 4 rings (SSSR count). The molecule has 4 aromatic rings. The van der Waals surface area contributed by atoms with Crippen LogP contribution in [0.5, 0.6) is 5.75 Å². The molecule has 0 saturated heterocycles. The average molecular weight is 429 g/mol. The molecule has 0 fully saturated rings. The highest BCUT2D eigenvalue weighted by atomic mass is 16.5. The van der Waals surface area contributed by atoms with E-state index in [1.54, 1.807) is 42.5 Å². The van der Waals surface area contributed by atoms with E-state index < -0.39 is 17.2 Å². The Hall–Kier alpha value is -4.43. The molecule has 0 aliphatic heterocycles. The number of nitrogens with one attached hydrogen (secondary N) is 1. The molecule has 1 aromatic heterocycles. The number of amides is 1. The van der Waals surface area contributed by atoms with Crippen LogP contribution < -0.4 is 16.7 Å². The first kappa shape index (κ1) is 20.8. The minimum Gasteiger partial charge on any atom is -0.508 e. The summed E-state index contributed by atoms with van der Waals surface area (Å²) < 4.78 is 2.61. The molecule has 8 nitrogen and oxygen atoms in total. The Labute approximate surface area is 181 Å². The molecule has 0 aliphatic rings. The van der Waals surface area contributed by atoms with Gasteiger partial charge in [0.1, 0.15) is 5.75 Å². The van der Waals surface area contributed by atoms with Gasteiger partial charge in [-0.1, -0.05) is 36.4 Å². The van der Waals surface area contributed by atoms with E-state index in [9.17, 15) is 19.5 Å². The van der Waals surface area contributed by atoms with E-state index in [0.29, 0.717) is 16.6 Å². The number of para-hydroxylation sites is 1. The van der Waals surface area contributed by atoms with Crippen molar-refractivity contribution in [3.63, 3.8) is 0 Å². The fourth-order valence-electron chi connectivity index (χ4n) is 3.43. The summed E-state index contributed by atoms with van der Waals surface area (Å²) in [7, 11) is 0. The van der Waals surface area contributed by atoms with Crippen molar-refractivity contribution in [2.75, 3.05) is 0 Å². The topological polar surface area (TPSA) is 114 Å². The summed E-state index contributed by atoms with van der Waals surface area (Å²) in [5, 5.41) is 18.5. The number of aromatic nitrogens is 2. The zero-order valence-corrected chi connectivity index (χ0v) is 16.8. The highest BCUT2D eigenvalue weighted by Gasteiger charge is 2.14. The van der Waals surface area contributed by atoms with Gasteiger partial charge in [0.15, 0.2) is 0 Å². The molecule has 0 atom stereocenters. The van der Waals surface area contributed by atoms with E-state index in [1.165, 1.54) is 40.4 Å². The summed E-state index contributed by atoms with van der Waals surface area (Å²) in [4.78, 5) is 37.5. The Balaban J connectivity index is 1.80. The second-order valence-electron chi connectivity index (χ2n) is 7.09. The lowest BCUT2D eigenvalue weighted by atomic mass is 10.1. The highest BCUT2D eigenvalue weighted by Crippen LogP contribution is 2.15. The van der Waals surface area contributed by atoms with E-state index in [-0.39, 0.29) is 12.3 Å². The van der Waals surface area contributed by atoms with Crippen LogP contribution in [0.4, 0.5) is 0 Å².